The predicted molar refractivity (Wildman–Crippen MR) is 39.8 cm³/mol. The summed E-state index contributed by atoms with van der Waals surface area (Å²) >= 11 is 0. The number of nitrogens with one attached hydrogen (secondary N) is 1. The van der Waals surface area contributed by atoms with Crippen molar-refractivity contribution in [2.75, 3.05) is 7.11 Å². The average molecular weight is 157 g/mol. The Morgan fingerprint density at radius 2 is 2.18 bits per heavy atom. The van der Waals surface area contributed by atoms with E-state index in [0.29, 0.717) is 0 Å². The highest BCUT2D eigenvalue weighted by molar-refractivity contribution is 5.84. The van der Waals surface area contributed by atoms with E-state index in [0.717, 1.165) is 0 Å². The minimum atomic E-state index is -0.738. The summed E-state index contributed by atoms with van der Waals surface area (Å²) in [5.74, 6) is -0.810. The molecule has 0 fully saturated rings. The molecular weight excluding hydrogens is 146 g/mol. The van der Waals surface area contributed by atoms with Gasteiger partial charge < -0.3 is 10.1 Å². The van der Waals surface area contributed by atoms with Crippen LogP contribution in [0.2, 0.25) is 0 Å². The van der Waals surface area contributed by atoms with Gasteiger partial charge in [-0.2, -0.15) is 0 Å². The number of hydrogen-bond acceptors (Lipinski definition) is 3. The van der Waals surface area contributed by atoms with Crippen molar-refractivity contribution in [1.29, 1.82) is 0 Å². The Kier molecular flexibility index (Phi) is 3.95. The molecule has 62 valence electrons. The second kappa shape index (κ2) is 4.49. The van der Waals surface area contributed by atoms with Gasteiger partial charge in [0.1, 0.15) is 6.04 Å². The maximum absolute atomic E-state index is 10.8. The fraction of sp³-hybridized carbons (Fsp3) is 0.429. The Morgan fingerprint density at radius 1 is 1.64 bits per heavy atom. The molecular formula is C7H11NO3. The Balaban J connectivity index is 4.05. The van der Waals surface area contributed by atoms with Gasteiger partial charge in [-0.3, -0.25) is 4.79 Å². The number of rotatable bonds is 3. The molecule has 4 nitrogen and oxygen atoms in total. The van der Waals surface area contributed by atoms with Crippen molar-refractivity contribution in [3.05, 3.63) is 12.7 Å². The minimum Gasteiger partial charge on any atom is -0.467 e. The van der Waals surface area contributed by atoms with Crippen LogP contribution in [0, 0.1) is 0 Å². The van der Waals surface area contributed by atoms with E-state index >= 15 is 0 Å². The van der Waals surface area contributed by atoms with Crippen LogP contribution in [0.15, 0.2) is 12.7 Å². The van der Waals surface area contributed by atoms with Crippen molar-refractivity contribution in [1.82, 2.24) is 5.32 Å². The maximum Gasteiger partial charge on any atom is 0.332 e. The third-order valence-corrected chi connectivity index (χ3v) is 1.05. The highest BCUT2D eigenvalue weighted by Crippen LogP contribution is 1.88. The summed E-state index contributed by atoms with van der Waals surface area (Å²) in [6.07, 6.45) is 1.31. The zero-order valence-electron chi connectivity index (χ0n) is 6.59. The number of carbonyl (C=O) groups is 2. The normalized spacial score (nSPS) is 11.5. The molecule has 11 heavy (non-hydrogen) atoms. The molecule has 0 heterocycles. The number of ether oxygens (including phenoxy) is 1. The van der Waals surface area contributed by atoms with Crippen molar-refractivity contribution >= 4 is 11.9 Å². The van der Waals surface area contributed by atoms with Crippen LogP contribution < -0.4 is 5.32 Å². The quantitative estimate of drug-likeness (QED) is 0.458. The highest BCUT2D eigenvalue weighted by atomic mass is 16.5. The van der Waals surface area contributed by atoms with Crippen LogP contribution >= 0.6 is 0 Å². The van der Waals surface area contributed by atoms with Gasteiger partial charge in [-0.15, -0.1) is 6.58 Å². The topological polar surface area (TPSA) is 55.4 Å². The van der Waals surface area contributed by atoms with Crippen LogP contribution in [0.4, 0.5) is 0 Å². The third kappa shape index (κ3) is 3.40. The van der Waals surface area contributed by atoms with Crippen molar-refractivity contribution in [3.63, 3.8) is 0 Å². The Morgan fingerprint density at radius 3 is 2.45 bits per heavy atom. The molecule has 1 amide bonds. The molecule has 0 aromatic carbocycles. The molecule has 0 saturated carbocycles. The predicted octanol–water partition coefficient (Wildman–Crippen LogP) is -0.150. The van der Waals surface area contributed by atoms with Gasteiger partial charge in [0.25, 0.3) is 0 Å². The molecule has 0 rings (SSSR count). The molecule has 4 heteroatoms. The summed E-state index contributed by atoms with van der Waals surface area (Å²) in [6.45, 7) is 4.69. The van der Waals surface area contributed by atoms with Gasteiger partial charge in [0.2, 0.25) is 5.91 Å². The fourth-order valence-corrected chi connectivity index (χ4v) is 0.560. The SMILES string of the molecule is C=C[C@H](NC(C)=O)C(=O)OC. The molecule has 0 aliphatic carbocycles. The Bertz CT molecular complexity index is 177. The summed E-state index contributed by atoms with van der Waals surface area (Å²) in [6, 6.07) is -0.738. The van der Waals surface area contributed by atoms with E-state index in [9.17, 15) is 9.59 Å². The lowest BCUT2D eigenvalue weighted by molar-refractivity contribution is -0.143. The molecule has 0 aromatic rings. The van der Waals surface area contributed by atoms with Gasteiger partial charge in [0.05, 0.1) is 7.11 Å². The summed E-state index contributed by atoms with van der Waals surface area (Å²) in [5.41, 5.74) is 0. The van der Waals surface area contributed by atoms with Crippen molar-refractivity contribution in [3.8, 4) is 0 Å². The first-order valence-corrected chi connectivity index (χ1v) is 3.09. The molecule has 1 N–H and O–H groups in total. The zero-order chi connectivity index (χ0) is 8.85. The van der Waals surface area contributed by atoms with Crippen LogP contribution in [0.1, 0.15) is 6.92 Å². The van der Waals surface area contributed by atoms with Crippen LogP contribution in [0.5, 0.6) is 0 Å². The van der Waals surface area contributed by atoms with Crippen LogP contribution in [0.25, 0.3) is 0 Å². The molecule has 1 atom stereocenters. The van der Waals surface area contributed by atoms with E-state index in [1.807, 2.05) is 0 Å². The van der Waals surface area contributed by atoms with Gasteiger partial charge in [-0.05, 0) is 0 Å². The Hall–Kier alpha value is -1.32. The lowest BCUT2D eigenvalue weighted by Crippen LogP contribution is -2.38. The fourth-order valence-electron chi connectivity index (χ4n) is 0.560. The first-order valence-electron chi connectivity index (χ1n) is 3.09. The summed E-state index contributed by atoms with van der Waals surface area (Å²) in [4.78, 5) is 21.2. The number of carbonyl (C=O) groups excluding carboxylic acids is 2. The lowest BCUT2D eigenvalue weighted by atomic mass is 10.3. The molecule has 0 aromatic heterocycles. The lowest BCUT2D eigenvalue weighted by Gasteiger charge is -2.09. The number of amides is 1. The third-order valence-electron chi connectivity index (χ3n) is 1.05. The minimum absolute atomic E-state index is 0.291. The zero-order valence-corrected chi connectivity index (χ0v) is 6.59. The average Bonchev–Trinajstić information content (AvgIpc) is 1.98. The van der Waals surface area contributed by atoms with Gasteiger partial charge in [0.15, 0.2) is 0 Å². The van der Waals surface area contributed by atoms with E-state index in [2.05, 4.69) is 16.6 Å². The van der Waals surface area contributed by atoms with Gasteiger partial charge in [0, 0.05) is 6.92 Å². The smallest absolute Gasteiger partial charge is 0.332 e. The largest absolute Gasteiger partial charge is 0.467 e. The number of methoxy groups -OCH3 is 1. The molecule has 0 spiro atoms. The van der Waals surface area contributed by atoms with E-state index in [1.165, 1.54) is 20.1 Å². The molecule has 0 bridgehead atoms. The first kappa shape index (κ1) is 9.68. The van der Waals surface area contributed by atoms with Gasteiger partial charge >= 0.3 is 5.97 Å². The van der Waals surface area contributed by atoms with E-state index < -0.39 is 12.0 Å². The summed E-state index contributed by atoms with van der Waals surface area (Å²) in [7, 11) is 1.25. The van der Waals surface area contributed by atoms with E-state index in [1.54, 1.807) is 0 Å². The van der Waals surface area contributed by atoms with Crippen molar-refractivity contribution in [2.24, 2.45) is 0 Å². The highest BCUT2D eigenvalue weighted by Gasteiger charge is 2.14. The van der Waals surface area contributed by atoms with Crippen molar-refractivity contribution < 1.29 is 14.3 Å². The van der Waals surface area contributed by atoms with E-state index in [-0.39, 0.29) is 5.91 Å². The van der Waals surface area contributed by atoms with E-state index in [4.69, 9.17) is 0 Å². The number of esters is 1. The maximum atomic E-state index is 10.8. The molecule has 0 aliphatic heterocycles. The monoisotopic (exact) mass is 157 g/mol. The number of hydrogen-bond donors (Lipinski definition) is 1. The van der Waals surface area contributed by atoms with Crippen LogP contribution in [0.3, 0.4) is 0 Å². The van der Waals surface area contributed by atoms with Crippen LogP contribution in [-0.4, -0.2) is 25.0 Å². The second-order valence-corrected chi connectivity index (χ2v) is 1.94. The summed E-state index contributed by atoms with van der Waals surface area (Å²) in [5, 5.41) is 2.35. The molecule has 0 saturated heterocycles. The van der Waals surface area contributed by atoms with Gasteiger partial charge in [-0.1, -0.05) is 6.08 Å². The Labute approximate surface area is 65.2 Å². The first-order chi connectivity index (χ1) is 5.11. The molecule has 0 radical (unpaired) electrons. The molecule has 0 aliphatic rings. The van der Waals surface area contributed by atoms with Gasteiger partial charge in [-0.25, -0.2) is 4.79 Å². The summed E-state index contributed by atoms with van der Waals surface area (Å²) < 4.78 is 4.38. The second-order valence-electron chi connectivity index (χ2n) is 1.94. The van der Waals surface area contributed by atoms with Crippen LogP contribution in [-0.2, 0) is 14.3 Å². The standard InChI is InChI=1S/C7H11NO3/c1-4-6(7(10)11-3)8-5(2)9/h4,6H,1H2,2-3H3,(H,8,9)/t6-/m0/s1. The molecule has 0 unspecified atom stereocenters. The van der Waals surface area contributed by atoms with Crippen molar-refractivity contribution in [2.45, 2.75) is 13.0 Å².